The van der Waals surface area contributed by atoms with Crippen LogP contribution in [0.25, 0.3) is 0 Å². The summed E-state index contributed by atoms with van der Waals surface area (Å²) < 4.78 is 0. The van der Waals surface area contributed by atoms with Crippen LogP contribution < -0.4 is 0 Å². The molecule has 0 fully saturated rings. The van der Waals surface area contributed by atoms with Gasteiger partial charge in [-0.25, -0.2) is 0 Å². The van der Waals surface area contributed by atoms with Gasteiger partial charge in [0.25, 0.3) is 0 Å². The first-order valence-corrected chi connectivity index (χ1v) is 6.86. The van der Waals surface area contributed by atoms with Gasteiger partial charge in [-0.15, -0.1) is 6.58 Å². The fourth-order valence-electron chi connectivity index (χ4n) is 2.51. The van der Waals surface area contributed by atoms with Crippen LogP contribution in [0.1, 0.15) is 58.8 Å². The normalized spacial score (nSPS) is 11.8. The van der Waals surface area contributed by atoms with Crippen LogP contribution in [0.2, 0.25) is 0 Å². The van der Waals surface area contributed by atoms with Crippen LogP contribution in [0.15, 0.2) is 12.7 Å². The van der Waals surface area contributed by atoms with Crippen molar-refractivity contribution in [3.05, 3.63) is 12.7 Å². The fourth-order valence-corrected chi connectivity index (χ4v) is 2.51. The molecule has 0 unspecified atom stereocenters. The Hall–Kier alpha value is -0.630. The van der Waals surface area contributed by atoms with Gasteiger partial charge in [-0.1, -0.05) is 26.3 Å². The summed E-state index contributed by atoms with van der Waals surface area (Å²) in [7, 11) is 4.03. The second-order valence-corrected chi connectivity index (χ2v) is 4.94. The van der Waals surface area contributed by atoms with Crippen molar-refractivity contribution in [3.63, 3.8) is 0 Å². The minimum Gasteiger partial charge on any atom is -0.298 e. The van der Waals surface area contributed by atoms with E-state index in [2.05, 4.69) is 25.3 Å². The zero-order valence-electron chi connectivity index (χ0n) is 12.1. The van der Waals surface area contributed by atoms with Crippen LogP contribution in [0.3, 0.4) is 0 Å². The van der Waals surface area contributed by atoms with Crippen molar-refractivity contribution in [2.24, 2.45) is 0 Å². The standard InChI is InChI=1S/C15H29NO/c1-6-9-10-11-12-13-14(17)15(7-2,8-3)16(4)5/h6H,1,7-13H2,2-5H3. The number of hydrogen-bond donors (Lipinski definition) is 0. The fraction of sp³-hybridized carbons (Fsp3) is 0.800. The van der Waals surface area contributed by atoms with Crippen molar-refractivity contribution in [3.8, 4) is 0 Å². The summed E-state index contributed by atoms with van der Waals surface area (Å²) in [4.78, 5) is 14.4. The molecular formula is C15H29NO. The van der Waals surface area contributed by atoms with E-state index in [4.69, 9.17) is 0 Å². The Kier molecular flexibility index (Phi) is 8.15. The predicted octanol–water partition coefficient (Wildman–Crippen LogP) is 3.81. The second-order valence-electron chi connectivity index (χ2n) is 4.94. The van der Waals surface area contributed by atoms with Crippen molar-refractivity contribution in [1.82, 2.24) is 4.90 Å². The number of allylic oxidation sites excluding steroid dienone is 1. The number of hydrogen-bond acceptors (Lipinski definition) is 2. The lowest BCUT2D eigenvalue weighted by Crippen LogP contribution is -2.50. The summed E-state index contributed by atoms with van der Waals surface area (Å²) in [6.07, 6.45) is 8.85. The third kappa shape index (κ3) is 4.63. The molecule has 2 nitrogen and oxygen atoms in total. The van der Waals surface area contributed by atoms with Crippen LogP contribution in [0.4, 0.5) is 0 Å². The van der Waals surface area contributed by atoms with Crippen molar-refractivity contribution in [2.75, 3.05) is 14.1 Å². The number of carbonyl (C=O) groups excluding carboxylic acids is 1. The highest BCUT2D eigenvalue weighted by atomic mass is 16.1. The summed E-state index contributed by atoms with van der Waals surface area (Å²) >= 11 is 0. The number of rotatable bonds is 10. The Bertz CT molecular complexity index is 229. The highest BCUT2D eigenvalue weighted by molar-refractivity contribution is 5.88. The van der Waals surface area contributed by atoms with Gasteiger partial charge in [-0.3, -0.25) is 9.69 Å². The van der Waals surface area contributed by atoms with E-state index in [1.807, 2.05) is 20.2 Å². The molecule has 100 valence electrons. The maximum Gasteiger partial charge on any atom is 0.153 e. The maximum absolute atomic E-state index is 12.3. The van der Waals surface area contributed by atoms with Crippen LogP contribution in [0.5, 0.6) is 0 Å². The van der Waals surface area contributed by atoms with E-state index in [0.29, 0.717) is 5.78 Å². The first-order valence-electron chi connectivity index (χ1n) is 6.86. The summed E-state index contributed by atoms with van der Waals surface area (Å²) in [5.74, 6) is 0.408. The molecule has 0 saturated heterocycles. The first kappa shape index (κ1) is 16.4. The molecule has 0 N–H and O–H groups in total. The van der Waals surface area contributed by atoms with Crippen LogP contribution in [-0.2, 0) is 4.79 Å². The summed E-state index contributed by atoms with van der Waals surface area (Å²) in [6.45, 7) is 7.93. The molecule has 0 amide bonds. The molecule has 0 aliphatic carbocycles. The molecule has 0 aromatic carbocycles. The molecule has 0 atom stereocenters. The van der Waals surface area contributed by atoms with E-state index < -0.39 is 0 Å². The van der Waals surface area contributed by atoms with Gasteiger partial charge in [0.05, 0.1) is 5.54 Å². The third-order valence-corrected chi connectivity index (χ3v) is 3.86. The van der Waals surface area contributed by atoms with E-state index in [-0.39, 0.29) is 5.54 Å². The largest absolute Gasteiger partial charge is 0.298 e. The Morgan fingerprint density at radius 3 is 2.18 bits per heavy atom. The van der Waals surface area contributed by atoms with Gasteiger partial charge >= 0.3 is 0 Å². The van der Waals surface area contributed by atoms with Crippen LogP contribution in [0, 0.1) is 0 Å². The predicted molar refractivity (Wildman–Crippen MR) is 75.3 cm³/mol. The minimum absolute atomic E-state index is 0.238. The van der Waals surface area contributed by atoms with E-state index in [9.17, 15) is 4.79 Å². The average molecular weight is 239 g/mol. The first-order chi connectivity index (χ1) is 8.05. The van der Waals surface area contributed by atoms with Gasteiger partial charge in [0.2, 0.25) is 0 Å². The van der Waals surface area contributed by atoms with Gasteiger partial charge in [0.15, 0.2) is 5.78 Å². The van der Waals surface area contributed by atoms with Crippen molar-refractivity contribution < 1.29 is 4.79 Å². The van der Waals surface area contributed by atoms with Gasteiger partial charge in [-0.2, -0.15) is 0 Å². The number of nitrogens with zero attached hydrogens (tertiary/aromatic N) is 1. The topological polar surface area (TPSA) is 20.3 Å². The number of unbranched alkanes of at least 4 members (excludes halogenated alkanes) is 3. The van der Waals surface area contributed by atoms with Gasteiger partial charge in [0, 0.05) is 6.42 Å². The maximum atomic E-state index is 12.3. The molecule has 2 heteroatoms. The highest BCUT2D eigenvalue weighted by Crippen LogP contribution is 2.25. The van der Waals surface area contributed by atoms with Crippen molar-refractivity contribution in [2.45, 2.75) is 64.3 Å². The molecule has 0 spiro atoms. The number of Topliss-reactive ketones (excluding diaryl/α,β-unsaturated/α-hetero) is 1. The molecule has 0 aliphatic rings. The SMILES string of the molecule is C=CCCCCCC(=O)C(CC)(CC)N(C)C. The molecule has 0 aromatic rings. The Morgan fingerprint density at radius 1 is 1.18 bits per heavy atom. The Morgan fingerprint density at radius 2 is 1.76 bits per heavy atom. The van der Waals surface area contributed by atoms with Crippen molar-refractivity contribution in [1.29, 1.82) is 0 Å². The van der Waals surface area contributed by atoms with Gasteiger partial charge in [-0.05, 0) is 46.2 Å². The van der Waals surface area contributed by atoms with E-state index >= 15 is 0 Å². The molecule has 0 saturated carbocycles. The molecule has 0 aromatic heterocycles. The molecule has 0 rings (SSSR count). The molecule has 0 radical (unpaired) electrons. The Labute approximate surface area is 107 Å². The van der Waals surface area contributed by atoms with Crippen LogP contribution in [-0.4, -0.2) is 30.3 Å². The number of likely N-dealkylation sites (N-methyl/N-ethyl adjacent to an activating group) is 1. The minimum atomic E-state index is -0.238. The number of carbonyl (C=O) groups is 1. The quantitative estimate of drug-likeness (QED) is 0.427. The Balaban J connectivity index is 4.20. The van der Waals surface area contributed by atoms with Gasteiger partial charge in [0.1, 0.15) is 0 Å². The van der Waals surface area contributed by atoms with Crippen LogP contribution >= 0.6 is 0 Å². The molecule has 0 bridgehead atoms. The summed E-state index contributed by atoms with van der Waals surface area (Å²) in [5.41, 5.74) is -0.238. The second kappa shape index (κ2) is 8.46. The lowest BCUT2D eigenvalue weighted by Gasteiger charge is -2.37. The zero-order chi connectivity index (χ0) is 13.3. The van der Waals surface area contributed by atoms with E-state index in [0.717, 1.165) is 44.9 Å². The number of ketones is 1. The average Bonchev–Trinajstić information content (AvgIpc) is 2.30. The summed E-state index contributed by atoms with van der Waals surface area (Å²) in [5, 5.41) is 0. The van der Waals surface area contributed by atoms with Crippen molar-refractivity contribution >= 4 is 5.78 Å². The van der Waals surface area contributed by atoms with E-state index in [1.54, 1.807) is 0 Å². The monoisotopic (exact) mass is 239 g/mol. The lowest BCUT2D eigenvalue weighted by atomic mass is 9.84. The molecular weight excluding hydrogens is 210 g/mol. The highest BCUT2D eigenvalue weighted by Gasteiger charge is 2.35. The molecule has 0 heterocycles. The third-order valence-electron chi connectivity index (χ3n) is 3.86. The summed E-state index contributed by atoms with van der Waals surface area (Å²) in [6, 6.07) is 0. The lowest BCUT2D eigenvalue weighted by molar-refractivity contribution is -0.130. The molecule has 17 heavy (non-hydrogen) atoms. The van der Waals surface area contributed by atoms with E-state index in [1.165, 1.54) is 0 Å². The zero-order valence-corrected chi connectivity index (χ0v) is 12.1. The van der Waals surface area contributed by atoms with Gasteiger partial charge < -0.3 is 0 Å². The molecule has 0 aliphatic heterocycles. The smallest absolute Gasteiger partial charge is 0.153 e.